The summed E-state index contributed by atoms with van der Waals surface area (Å²) in [6.07, 6.45) is 6.09. The highest BCUT2D eigenvalue weighted by Gasteiger charge is 2.37. The van der Waals surface area contributed by atoms with E-state index in [4.69, 9.17) is 9.84 Å². The molecule has 0 aromatic heterocycles. The summed E-state index contributed by atoms with van der Waals surface area (Å²) in [5.41, 5.74) is -0.523. The predicted octanol–water partition coefficient (Wildman–Crippen LogP) is 3.73. The van der Waals surface area contributed by atoms with Crippen LogP contribution in [0, 0.1) is 17.8 Å². The Morgan fingerprint density at radius 2 is 1.96 bits per heavy atom. The summed E-state index contributed by atoms with van der Waals surface area (Å²) < 4.78 is 6.04. The molecule has 1 fully saturated rings. The molecule has 0 amide bonds. The fourth-order valence-corrected chi connectivity index (χ4v) is 3.43. The third-order valence-corrected chi connectivity index (χ3v) is 5.57. The lowest BCUT2D eigenvalue weighted by molar-refractivity contribution is -0.124. The van der Waals surface area contributed by atoms with Crippen molar-refractivity contribution in [1.29, 1.82) is 0 Å². The summed E-state index contributed by atoms with van der Waals surface area (Å²) in [6, 6.07) is 0. The molecule has 4 nitrogen and oxygen atoms in total. The number of carbonyl (C=O) groups excluding carboxylic acids is 1. The van der Waals surface area contributed by atoms with E-state index in [-0.39, 0.29) is 12.5 Å². The van der Waals surface area contributed by atoms with Gasteiger partial charge in [0, 0.05) is 18.9 Å². The van der Waals surface area contributed by atoms with E-state index in [2.05, 4.69) is 13.8 Å². The molecule has 1 saturated heterocycles. The van der Waals surface area contributed by atoms with Crippen LogP contribution in [-0.4, -0.2) is 40.9 Å². The van der Waals surface area contributed by atoms with Crippen molar-refractivity contribution in [2.45, 2.75) is 90.8 Å². The topological polar surface area (TPSA) is 66.8 Å². The Bertz CT molecular complexity index is 369. The van der Waals surface area contributed by atoms with Crippen LogP contribution in [-0.2, 0) is 9.53 Å². The van der Waals surface area contributed by atoms with Crippen LogP contribution in [0.2, 0.25) is 0 Å². The normalized spacial score (nSPS) is 29.5. The largest absolute Gasteiger partial charge is 0.396 e. The Hall–Kier alpha value is -0.450. The van der Waals surface area contributed by atoms with Crippen molar-refractivity contribution < 1.29 is 19.7 Å². The summed E-state index contributed by atoms with van der Waals surface area (Å²) >= 11 is 0. The molecule has 0 aromatic rings. The minimum absolute atomic E-state index is 0.0948. The molecular weight excluding hydrogens is 304 g/mol. The van der Waals surface area contributed by atoms with Gasteiger partial charge in [-0.1, -0.05) is 20.8 Å². The van der Waals surface area contributed by atoms with E-state index >= 15 is 0 Å². The van der Waals surface area contributed by atoms with Crippen LogP contribution in [0.5, 0.6) is 0 Å². The van der Waals surface area contributed by atoms with Crippen LogP contribution in [0.4, 0.5) is 0 Å². The fraction of sp³-hybridized carbons (Fsp3) is 0.950. The van der Waals surface area contributed by atoms with Gasteiger partial charge in [-0.25, -0.2) is 0 Å². The SMILES string of the molecule is CC(C)CCC(=O)C(C)CCC[C@@]1(C)OC[C@H](CCO)CC[C@@H]1O. The maximum Gasteiger partial charge on any atom is 0.135 e. The highest BCUT2D eigenvalue weighted by molar-refractivity contribution is 5.80. The highest BCUT2D eigenvalue weighted by atomic mass is 16.5. The van der Waals surface area contributed by atoms with E-state index in [0.29, 0.717) is 30.6 Å². The van der Waals surface area contributed by atoms with Crippen LogP contribution < -0.4 is 0 Å². The number of aliphatic hydroxyl groups excluding tert-OH is 2. The van der Waals surface area contributed by atoms with Crippen molar-refractivity contribution in [3.05, 3.63) is 0 Å². The van der Waals surface area contributed by atoms with Gasteiger partial charge in [-0.15, -0.1) is 0 Å². The van der Waals surface area contributed by atoms with Gasteiger partial charge >= 0.3 is 0 Å². The summed E-state index contributed by atoms with van der Waals surface area (Å²) in [4.78, 5) is 12.1. The van der Waals surface area contributed by atoms with Gasteiger partial charge in [-0.05, 0) is 63.7 Å². The molecule has 1 unspecified atom stereocenters. The molecule has 4 atom stereocenters. The van der Waals surface area contributed by atoms with Crippen molar-refractivity contribution in [2.75, 3.05) is 13.2 Å². The molecule has 1 aliphatic heterocycles. The zero-order valence-corrected chi connectivity index (χ0v) is 16.1. The van der Waals surface area contributed by atoms with Crippen molar-refractivity contribution in [3.63, 3.8) is 0 Å². The number of ketones is 1. The van der Waals surface area contributed by atoms with Crippen LogP contribution >= 0.6 is 0 Å². The van der Waals surface area contributed by atoms with E-state index in [1.807, 2.05) is 13.8 Å². The Morgan fingerprint density at radius 1 is 1.25 bits per heavy atom. The number of ether oxygens (including phenoxy) is 1. The smallest absolute Gasteiger partial charge is 0.135 e. The monoisotopic (exact) mass is 342 g/mol. The first-order valence-electron chi connectivity index (χ1n) is 9.74. The molecule has 0 aliphatic carbocycles. The lowest BCUT2D eigenvalue weighted by Crippen LogP contribution is -2.41. The van der Waals surface area contributed by atoms with Crippen molar-refractivity contribution in [3.8, 4) is 0 Å². The standard InChI is InChI=1S/C20H38O4/c1-15(2)7-9-18(22)16(3)6-5-12-20(4)19(23)10-8-17(11-13-21)14-24-20/h15-17,19,21,23H,5-14H2,1-4H3/t16?,17-,19-,20+/m0/s1. The molecule has 0 bridgehead atoms. The average Bonchev–Trinajstić information content (AvgIpc) is 2.66. The molecule has 0 aromatic carbocycles. The molecule has 1 rings (SSSR count). The number of rotatable bonds is 10. The lowest BCUT2D eigenvalue weighted by atomic mass is 9.86. The minimum Gasteiger partial charge on any atom is -0.396 e. The first kappa shape index (κ1) is 21.6. The minimum atomic E-state index is -0.523. The zero-order valence-electron chi connectivity index (χ0n) is 16.1. The zero-order chi connectivity index (χ0) is 18.2. The van der Waals surface area contributed by atoms with Crippen molar-refractivity contribution in [1.82, 2.24) is 0 Å². The van der Waals surface area contributed by atoms with E-state index in [0.717, 1.165) is 44.9 Å². The summed E-state index contributed by atoms with van der Waals surface area (Å²) in [5.74, 6) is 1.36. The fourth-order valence-electron chi connectivity index (χ4n) is 3.43. The van der Waals surface area contributed by atoms with E-state index in [1.54, 1.807) is 0 Å². The van der Waals surface area contributed by atoms with E-state index in [9.17, 15) is 9.90 Å². The molecule has 0 radical (unpaired) electrons. The Morgan fingerprint density at radius 3 is 2.58 bits per heavy atom. The number of hydrogen-bond donors (Lipinski definition) is 2. The average molecular weight is 343 g/mol. The van der Waals surface area contributed by atoms with E-state index in [1.165, 1.54) is 0 Å². The van der Waals surface area contributed by atoms with Gasteiger partial charge in [-0.2, -0.15) is 0 Å². The van der Waals surface area contributed by atoms with Gasteiger partial charge < -0.3 is 14.9 Å². The van der Waals surface area contributed by atoms with Crippen LogP contribution in [0.1, 0.15) is 79.1 Å². The third-order valence-electron chi connectivity index (χ3n) is 5.57. The van der Waals surface area contributed by atoms with Gasteiger partial charge in [0.15, 0.2) is 0 Å². The Labute approximate surface area is 148 Å². The summed E-state index contributed by atoms with van der Waals surface area (Å²) in [6.45, 7) is 9.09. The molecule has 1 aliphatic rings. The summed E-state index contributed by atoms with van der Waals surface area (Å²) in [5, 5.41) is 19.5. The molecular formula is C20H38O4. The molecule has 0 saturated carbocycles. The Kier molecular flexibility index (Phi) is 9.47. The van der Waals surface area contributed by atoms with Crippen LogP contribution in [0.3, 0.4) is 0 Å². The highest BCUT2D eigenvalue weighted by Crippen LogP contribution is 2.32. The van der Waals surface area contributed by atoms with Gasteiger partial charge in [-0.3, -0.25) is 4.79 Å². The van der Waals surface area contributed by atoms with Crippen molar-refractivity contribution >= 4 is 5.78 Å². The second-order valence-electron chi connectivity index (χ2n) is 8.29. The lowest BCUT2D eigenvalue weighted by Gasteiger charge is -2.33. The van der Waals surface area contributed by atoms with Crippen LogP contribution in [0.25, 0.3) is 0 Å². The number of aliphatic hydroxyl groups is 2. The molecule has 0 spiro atoms. The summed E-state index contributed by atoms with van der Waals surface area (Å²) in [7, 11) is 0. The van der Waals surface area contributed by atoms with Gasteiger partial charge in [0.25, 0.3) is 0 Å². The first-order valence-corrected chi connectivity index (χ1v) is 9.74. The first-order chi connectivity index (χ1) is 11.3. The van der Waals surface area contributed by atoms with Crippen LogP contribution in [0.15, 0.2) is 0 Å². The number of Topliss-reactive ketones (excluding diaryl/α,β-unsaturated/α-hetero) is 1. The Balaban J connectivity index is 2.40. The van der Waals surface area contributed by atoms with Gasteiger partial charge in [0.2, 0.25) is 0 Å². The molecule has 4 heteroatoms. The molecule has 142 valence electrons. The van der Waals surface area contributed by atoms with Crippen molar-refractivity contribution in [2.24, 2.45) is 17.8 Å². The third kappa shape index (κ3) is 7.20. The maximum absolute atomic E-state index is 12.1. The maximum atomic E-state index is 12.1. The second kappa shape index (κ2) is 10.5. The number of carbonyl (C=O) groups is 1. The van der Waals surface area contributed by atoms with Gasteiger partial charge in [0.05, 0.1) is 18.3 Å². The predicted molar refractivity (Wildman–Crippen MR) is 96.9 cm³/mol. The molecule has 24 heavy (non-hydrogen) atoms. The second-order valence-corrected chi connectivity index (χ2v) is 8.29. The molecule has 2 N–H and O–H groups in total. The number of hydrogen-bond acceptors (Lipinski definition) is 4. The molecule has 1 heterocycles. The van der Waals surface area contributed by atoms with Gasteiger partial charge in [0.1, 0.15) is 5.78 Å². The van der Waals surface area contributed by atoms with E-state index < -0.39 is 11.7 Å². The quantitative estimate of drug-likeness (QED) is 0.635.